The third-order valence-corrected chi connectivity index (χ3v) is 4.60. The van der Waals surface area contributed by atoms with Gasteiger partial charge in [0.25, 0.3) is 0 Å². The smallest absolute Gasteiger partial charge is 0.0671 e. The Bertz CT molecular complexity index is 357. The molecule has 1 rings (SSSR count). The third kappa shape index (κ3) is 6.14. The molecule has 0 radical (unpaired) electrons. The van der Waals surface area contributed by atoms with E-state index in [-0.39, 0.29) is 6.10 Å². The minimum absolute atomic E-state index is 0.322. The Labute approximate surface area is 121 Å². The number of aliphatic hydroxyl groups excluding tert-OH is 1. The Hall–Kier alpha value is 0.300. The van der Waals surface area contributed by atoms with E-state index in [1.54, 1.807) is 11.8 Å². The minimum Gasteiger partial charge on any atom is -0.392 e. The van der Waals surface area contributed by atoms with Gasteiger partial charge in [-0.05, 0) is 29.4 Å². The Kier molecular flexibility index (Phi) is 6.93. The first-order valence-corrected chi connectivity index (χ1v) is 8.01. The van der Waals surface area contributed by atoms with Crippen molar-refractivity contribution in [2.75, 3.05) is 11.5 Å². The summed E-state index contributed by atoms with van der Waals surface area (Å²) in [7, 11) is 0. The van der Waals surface area contributed by atoms with Crippen molar-refractivity contribution in [2.45, 2.75) is 26.4 Å². The van der Waals surface area contributed by atoms with Crippen molar-refractivity contribution in [3.8, 4) is 0 Å². The Morgan fingerprint density at radius 3 is 2.65 bits per heavy atom. The topological polar surface area (TPSA) is 20.2 Å². The fraction of sp³-hybridized carbons (Fsp3) is 0.538. The van der Waals surface area contributed by atoms with Crippen LogP contribution in [0.2, 0.25) is 5.02 Å². The first-order chi connectivity index (χ1) is 7.99. The maximum Gasteiger partial charge on any atom is 0.0671 e. The van der Waals surface area contributed by atoms with E-state index in [0.29, 0.717) is 17.4 Å². The van der Waals surface area contributed by atoms with E-state index in [0.717, 1.165) is 21.5 Å². The quantitative estimate of drug-likeness (QED) is 0.830. The van der Waals surface area contributed by atoms with Crippen LogP contribution in [0.15, 0.2) is 22.7 Å². The van der Waals surface area contributed by atoms with Crippen LogP contribution < -0.4 is 0 Å². The molecule has 0 saturated carbocycles. The average molecular weight is 338 g/mol. The lowest BCUT2D eigenvalue weighted by Gasteiger charge is -2.12. The van der Waals surface area contributed by atoms with E-state index < -0.39 is 0 Å². The minimum atomic E-state index is -0.322. The first-order valence-electron chi connectivity index (χ1n) is 5.68. The molecule has 1 unspecified atom stereocenters. The molecule has 4 heteroatoms. The molecule has 0 aliphatic carbocycles. The number of hydrogen-bond donors (Lipinski definition) is 1. The van der Waals surface area contributed by atoms with Gasteiger partial charge in [0.1, 0.15) is 0 Å². The lowest BCUT2D eigenvalue weighted by molar-refractivity contribution is 0.200. The van der Waals surface area contributed by atoms with Crippen LogP contribution in [0.4, 0.5) is 0 Å². The molecule has 1 atom stereocenters. The third-order valence-electron chi connectivity index (χ3n) is 2.23. The molecule has 0 heterocycles. The van der Waals surface area contributed by atoms with Crippen LogP contribution in [0.5, 0.6) is 0 Å². The molecule has 0 aromatic heterocycles. The van der Waals surface area contributed by atoms with Gasteiger partial charge in [0, 0.05) is 21.7 Å². The Morgan fingerprint density at radius 1 is 1.35 bits per heavy atom. The van der Waals surface area contributed by atoms with Gasteiger partial charge in [-0.1, -0.05) is 47.4 Å². The predicted molar refractivity (Wildman–Crippen MR) is 81.0 cm³/mol. The molecule has 0 fully saturated rings. The van der Waals surface area contributed by atoms with Crippen molar-refractivity contribution in [1.29, 1.82) is 0 Å². The van der Waals surface area contributed by atoms with Gasteiger partial charge in [-0.15, -0.1) is 0 Å². The summed E-state index contributed by atoms with van der Waals surface area (Å²) < 4.78 is 0.968. The predicted octanol–water partition coefficient (Wildman–Crippen LogP) is 4.40. The van der Waals surface area contributed by atoms with Crippen molar-refractivity contribution in [3.05, 3.63) is 33.3 Å². The highest BCUT2D eigenvalue weighted by Gasteiger charge is 2.09. The van der Waals surface area contributed by atoms with Crippen LogP contribution in [0.1, 0.15) is 19.4 Å². The van der Waals surface area contributed by atoms with E-state index in [9.17, 15) is 5.11 Å². The number of thioether (sulfide) groups is 1. The number of halogens is 2. The molecule has 1 aromatic rings. The first kappa shape index (κ1) is 15.4. The van der Waals surface area contributed by atoms with Crippen molar-refractivity contribution < 1.29 is 5.11 Å². The van der Waals surface area contributed by atoms with Crippen LogP contribution in [0.25, 0.3) is 0 Å². The van der Waals surface area contributed by atoms with E-state index in [1.165, 1.54) is 0 Å². The van der Waals surface area contributed by atoms with Crippen LogP contribution >= 0.6 is 39.3 Å². The van der Waals surface area contributed by atoms with Gasteiger partial charge >= 0.3 is 0 Å². The highest BCUT2D eigenvalue weighted by molar-refractivity contribution is 9.10. The second-order valence-corrected chi connectivity index (χ2v) is 6.92. The summed E-state index contributed by atoms with van der Waals surface area (Å²) in [4.78, 5) is 0. The number of hydrogen-bond acceptors (Lipinski definition) is 2. The van der Waals surface area contributed by atoms with Crippen LogP contribution in [0.3, 0.4) is 0 Å². The summed E-state index contributed by atoms with van der Waals surface area (Å²) >= 11 is 11.3. The largest absolute Gasteiger partial charge is 0.392 e. The SMILES string of the molecule is CC(C)CSCC(O)Cc1ccc(Br)cc1Cl. The van der Waals surface area contributed by atoms with Gasteiger partial charge in [0.05, 0.1) is 6.10 Å². The molecule has 0 spiro atoms. The van der Waals surface area contributed by atoms with Crippen LogP contribution in [-0.4, -0.2) is 22.7 Å². The van der Waals surface area contributed by atoms with Gasteiger partial charge in [0.15, 0.2) is 0 Å². The Balaban J connectivity index is 2.42. The number of benzene rings is 1. The van der Waals surface area contributed by atoms with Crippen molar-refractivity contribution in [3.63, 3.8) is 0 Å². The lowest BCUT2D eigenvalue weighted by Crippen LogP contribution is -2.14. The van der Waals surface area contributed by atoms with Crippen molar-refractivity contribution >= 4 is 39.3 Å². The summed E-state index contributed by atoms with van der Waals surface area (Å²) in [6, 6.07) is 5.78. The molecular weight excluding hydrogens is 320 g/mol. The van der Waals surface area contributed by atoms with E-state index in [4.69, 9.17) is 11.6 Å². The van der Waals surface area contributed by atoms with E-state index >= 15 is 0 Å². The summed E-state index contributed by atoms with van der Waals surface area (Å²) in [5, 5.41) is 10.6. The molecule has 1 aromatic carbocycles. The second kappa shape index (κ2) is 7.67. The second-order valence-electron chi connectivity index (χ2n) is 4.52. The maximum atomic E-state index is 9.92. The zero-order valence-corrected chi connectivity index (χ0v) is 13.3. The zero-order valence-electron chi connectivity index (χ0n) is 10.1. The molecular formula is C13H18BrClOS. The monoisotopic (exact) mass is 336 g/mol. The number of rotatable bonds is 6. The van der Waals surface area contributed by atoms with Crippen LogP contribution in [-0.2, 0) is 6.42 Å². The lowest BCUT2D eigenvalue weighted by atomic mass is 10.1. The van der Waals surface area contributed by atoms with Crippen molar-refractivity contribution in [2.24, 2.45) is 5.92 Å². The van der Waals surface area contributed by atoms with E-state index in [1.807, 2.05) is 18.2 Å². The van der Waals surface area contributed by atoms with Gasteiger partial charge in [0.2, 0.25) is 0 Å². The van der Waals surface area contributed by atoms with E-state index in [2.05, 4.69) is 29.8 Å². The Morgan fingerprint density at radius 2 is 2.06 bits per heavy atom. The number of aliphatic hydroxyl groups is 1. The normalized spacial score (nSPS) is 13.1. The van der Waals surface area contributed by atoms with Gasteiger partial charge in [-0.3, -0.25) is 0 Å². The zero-order chi connectivity index (χ0) is 12.8. The van der Waals surface area contributed by atoms with Gasteiger partial charge in [-0.25, -0.2) is 0 Å². The summed E-state index contributed by atoms with van der Waals surface area (Å²) in [6.07, 6.45) is 0.300. The summed E-state index contributed by atoms with van der Waals surface area (Å²) in [6.45, 7) is 4.37. The molecule has 96 valence electrons. The fourth-order valence-electron chi connectivity index (χ4n) is 1.44. The van der Waals surface area contributed by atoms with Gasteiger partial charge < -0.3 is 5.11 Å². The molecule has 1 N–H and O–H groups in total. The van der Waals surface area contributed by atoms with Gasteiger partial charge in [-0.2, -0.15) is 11.8 Å². The molecule has 17 heavy (non-hydrogen) atoms. The molecule has 0 aliphatic rings. The van der Waals surface area contributed by atoms with Crippen LogP contribution in [0, 0.1) is 5.92 Å². The molecule has 0 amide bonds. The molecule has 0 bridgehead atoms. The summed E-state index contributed by atoms with van der Waals surface area (Å²) in [5.41, 5.74) is 1.01. The highest BCUT2D eigenvalue weighted by atomic mass is 79.9. The summed E-state index contributed by atoms with van der Waals surface area (Å²) in [5.74, 6) is 2.53. The molecule has 0 aliphatic heterocycles. The molecule has 0 saturated heterocycles. The fourth-order valence-corrected chi connectivity index (χ4v) is 3.19. The maximum absolute atomic E-state index is 9.92. The van der Waals surface area contributed by atoms with Crippen molar-refractivity contribution in [1.82, 2.24) is 0 Å². The molecule has 1 nitrogen and oxygen atoms in total. The average Bonchev–Trinajstić information content (AvgIpc) is 2.21. The standard InChI is InChI=1S/C13H18BrClOS/c1-9(2)7-17-8-12(16)5-10-3-4-11(14)6-13(10)15/h3-4,6,9,12,16H,5,7-8H2,1-2H3. The highest BCUT2D eigenvalue weighted by Crippen LogP contribution is 2.23.